The van der Waals surface area contributed by atoms with Crippen LogP contribution in [0.15, 0.2) is 59.1 Å². The molecule has 0 aliphatic rings. The monoisotopic (exact) mass is 342 g/mol. The number of para-hydroxylation sites is 1. The number of methoxy groups -OCH3 is 1. The number of nitrogens with one attached hydrogen (secondary N) is 1. The molecule has 0 unspecified atom stereocenters. The maximum atomic E-state index is 6.44. The first-order valence-corrected chi connectivity index (χ1v) is 8.09. The van der Waals surface area contributed by atoms with Crippen LogP contribution in [0, 0.1) is 6.92 Å². The average molecular weight is 343 g/mol. The smallest absolute Gasteiger partial charge is 0.133 e. The third-order valence-electron chi connectivity index (χ3n) is 3.83. The fourth-order valence-corrected chi connectivity index (χ4v) is 2.95. The van der Waals surface area contributed by atoms with Gasteiger partial charge in [-0.3, -0.25) is 0 Å². The number of ether oxygens (including phenoxy) is 1. The molecule has 0 radical (unpaired) electrons. The van der Waals surface area contributed by atoms with Crippen LogP contribution in [-0.4, -0.2) is 12.3 Å². The van der Waals surface area contributed by atoms with E-state index in [0.29, 0.717) is 11.6 Å². The maximum Gasteiger partial charge on any atom is 0.133 e. The van der Waals surface area contributed by atoms with Crippen molar-refractivity contribution in [2.24, 2.45) is 0 Å². The van der Waals surface area contributed by atoms with E-state index in [1.807, 2.05) is 61.5 Å². The molecule has 3 rings (SSSR count). The lowest BCUT2D eigenvalue weighted by atomic mass is 9.97. The highest BCUT2D eigenvalue weighted by atomic mass is 35.5. The molecule has 0 amide bonds. The predicted octanol–water partition coefficient (Wildman–Crippen LogP) is 4.52. The Balaban J connectivity index is 1.96. The van der Waals surface area contributed by atoms with Gasteiger partial charge in [-0.05, 0) is 24.6 Å². The third-order valence-corrected chi connectivity index (χ3v) is 4.17. The lowest BCUT2D eigenvalue weighted by molar-refractivity contribution is 0.385. The van der Waals surface area contributed by atoms with E-state index < -0.39 is 0 Å². The zero-order valence-corrected chi connectivity index (χ0v) is 14.4. The molecule has 0 fully saturated rings. The van der Waals surface area contributed by atoms with Crippen molar-refractivity contribution < 1.29 is 9.26 Å². The quantitative estimate of drug-likeness (QED) is 0.715. The Morgan fingerprint density at radius 3 is 2.50 bits per heavy atom. The van der Waals surface area contributed by atoms with E-state index in [2.05, 4.69) is 10.5 Å². The van der Waals surface area contributed by atoms with Gasteiger partial charge >= 0.3 is 0 Å². The third kappa shape index (κ3) is 3.61. The lowest BCUT2D eigenvalue weighted by Gasteiger charge is -2.22. The first-order chi connectivity index (χ1) is 11.7. The number of aryl methyl sites for hydroxylation is 1. The molecule has 1 atom stereocenters. The highest BCUT2D eigenvalue weighted by Gasteiger charge is 2.20. The van der Waals surface area contributed by atoms with Gasteiger partial charge in [-0.2, -0.15) is 0 Å². The molecular formula is C19H19ClN2O2. The highest BCUT2D eigenvalue weighted by Crippen LogP contribution is 2.33. The van der Waals surface area contributed by atoms with Crippen LogP contribution in [0.25, 0.3) is 0 Å². The van der Waals surface area contributed by atoms with Crippen LogP contribution in [-0.2, 0) is 6.54 Å². The van der Waals surface area contributed by atoms with Crippen molar-refractivity contribution >= 4 is 11.6 Å². The van der Waals surface area contributed by atoms with Gasteiger partial charge < -0.3 is 14.6 Å². The van der Waals surface area contributed by atoms with Crippen LogP contribution >= 0.6 is 11.6 Å². The van der Waals surface area contributed by atoms with Gasteiger partial charge in [-0.25, -0.2) is 0 Å². The van der Waals surface area contributed by atoms with E-state index in [1.54, 1.807) is 7.11 Å². The van der Waals surface area contributed by atoms with Gasteiger partial charge in [0.25, 0.3) is 0 Å². The van der Waals surface area contributed by atoms with Crippen molar-refractivity contribution in [2.75, 3.05) is 7.11 Å². The Morgan fingerprint density at radius 1 is 1.12 bits per heavy atom. The molecule has 0 saturated heterocycles. The van der Waals surface area contributed by atoms with Gasteiger partial charge in [0, 0.05) is 23.2 Å². The second-order valence-corrected chi connectivity index (χ2v) is 5.91. The van der Waals surface area contributed by atoms with Crippen LogP contribution in [0.4, 0.5) is 0 Å². The van der Waals surface area contributed by atoms with Crippen LogP contribution in [0.5, 0.6) is 5.75 Å². The molecule has 0 aliphatic carbocycles. The lowest BCUT2D eigenvalue weighted by Crippen LogP contribution is -2.23. The molecule has 3 aromatic rings. The Labute approximate surface area is 146 Å². The standard InChI is InChI=1S/C19H19ClN2O2/c1-13-11-14(22-24-13)12-21-19(15-7-3-5-9-17(15)20)16-8-4-6-10-18(16)23-2/h3-11,19,21H,12H2,1-2H3/t19-/m1/s1. The minimum Gasteiger partial charge on any atom is -0.496 e. The number of nitrogens with zero attached hydrogens (tertiary/aromatic N) is 1. The number of rotatable bonds is 6. The van der Waals surface area contributed by atoms with Crippen molar-refractivity contribution in [3.05, 3.63) is 82.2 Å². The molecule has 24 heavy (non-hydrogen) atoms. The van der Waals surface area contributed by atoms with E-state index in [0.717, 1.165) is 28.3 Å². The van der Waals surface area contributed by atoms with Crippen molar-refractivity contribution in [1.82, 2.24) is 10.5 Å². The zero-order chi connectivity index (χ0) is 16.9. The van der Waals surface area contributed by atoms with Crippen LogP contribution < -0.4 is 10.1 Å². The fourth-order valence-electron chi connectivity index (χ4n) is 2.71. The summed E-state index contributed by atoms with van der Waals surface area (Å²) in [5.41, 5.74) is 2.86. The summed E-state index contributed by atoms with van der Waals surface area (Å²) >= 11 is 6.44. The molecule has 0 aliphatic heterocycles. The molecule has 0 spiro atoms. The second kappa shape index (κ2) is 7.51. The summed E-state index contributed by atoms with van der Waals surface area (Å²) in [5, 5.41) is 8.25. The summed E-state index contributed by atoms with van der Waals surface area (Å²) in [4.78, 5) is 0. The average Bonchev–Trinajstić information content (AvgIpc) is 3.02. The number of aromatic nitrogens is 1. The first kappa shape index (κ1) is 16.6. The number of benzene rings is 2. The van der Waals surface area contributed by atoms with Crippen LogP contribution in [0.3, 0.4) is 0 Å². The van der Waals surface area contributed by atoms with E-state index >= 15 is 0 Å². The molecule has 1 aromatic heterocycles. The molecule has 1 N–H and O–H groups in total. The van der Waals surface area contributed by atoms with E-state index in [1.165, 1.54) is 0 Å². The summed E-state index contributed by atoms with van der Waals surface area (Å²) in [6.07, 6.45) is 0. The molecule has 2 aromatic carbocycles. The van der Waals surface area contributed by atoms with Gasteiger partial charge in [0.1, 0.15) is 11.5 Å². The summed E-state index contributed by atoms with van der Waals surface area (Å²) < 4.78 is 10.7. The molecule has 0 saturated carbocycles. The van der Waals surface area contributed by atoms with Gasteiger partial charge in [0.05, 0.1) is 18.8 Å². The van der Waals surface area contributed by atoms with Crippen LogP contribution in [0.2, 0.25) is 5.02 Å². The molecule has 124 valence electrons. The Morgan fingerprint density at radius 2 is 1.83 bits per heavy atom. The van der Waals surface area contributed by atoms with Gasteiger partial charge in [-0.15, -0.1) is 0 Å². The number of halogens is 1. The first-order valence-electron chi connectivity index (χ1n) is 7.72. The van der Waals surface area contributed by atoms with Crippen molar-refractivity contribution in [3.63, 3.8) is 0 Å². The Bertz CT molecular complexity index is 816. The molecule has 0 bridgehead atoms. The molecule has 4 nitrogen and oxygen atoms in total. The molecule has 1 heterocycles. The van der Waals surface area contributed by atoms with Crippen LogP contribution in [0.1, 0.15) is 28.6 Å². The maximum absolute atomic E-state index is 6.44. The molecule has 5 heteroatoms. The fraction of sp³-hybridized carbons (Fsp3) is 0.211. The SMILES string of the molecule is COc1ccccc1[C@H](NCc1cc(C)on1)c1ccccc1Cl. The summed E-state index contributed by atoms with van der Waals surface area (Å²) in [6.45, 7) is 2.44. The van der Waals surface area contributed by atoms with Gasteiger partial charge in [0.15, 0.2) is 0 Å². The summed E-state index contributed by atoms with van der Waals surface area (Å²) in [6, 6.07) is 17.5. The van der Waals surface area contributed by atoms with Crippen molar-refractivity contribution in [2.45, 2.75) is 19.5 Å². The number of hydrogen-bond donors (Lipinski definition) is 1. The summed E-state index contributed by atoms with van der Waals surface area (Å²) in [5.74, 6) is 1.60. The zero-order valence-electron chi connectivity index (χ0n) is 13.6. The van der Waals surface area contributed by atoms with Gasteiger partial charge in [-0.1, -0.05) is 53.2 Å². The van der Waals surface area contributed by atoms with Crippen molar-refractivity contribution in [3.8, 4) is 5.75 Å². The van der Waals surface area contributed by atoms with Gasteiger partial charge in [0.2, 0.25) is 0 Å². The largest absolute Gasteiger partial charge is 0.496 e. The number of hydrogen-bond acceptors (Lipinski definition) is 4. The van der Waals surface area contributed by atoms with E-state index in [9.17, 15) is 0 Å². The van der Waals surface area contributed by atoms with E-state index in [-0.39, 0.29) is 6.04 Å². The van der Waals surface area contributed by atoms with Crippen molar-refractivity contribution in [1.29, 1.82) is 0 Å². The molecular weight excluding hydrogens is 324 g/mol. The predicted molar refractivity (Wildman–Crippen MR) is 94.4 cm³/mol. The highest BCUT2D eigenvalue weighted by molar-refractivity contribution is 6.31. The topological polar surface area (TPSA) is 47.3 Å². The van der Waals surface area contributed by atoms with E-state index in [4.69, 9.17) is 20.9 Å². The second-order valence-electron chi connectivity index (χ2n) is 5.51. The Kier molecular flexibility index (Phi) is 5.18. The summed E-state index contributed by atoms with van der Waals surface area (Å²) in [7, 11) is 1.67. The minimum absolute atomic E-state index is 0.119. The normalized spacial score (nSPS) is 12.1. The minimum atomic E-state index is -0.119. The Hall–Kier alpha value is -2.30.